The maximum atomic E-state index is 11.8. The minimum absolute atomic E-state index is 0. The Hall–Kier alpha value is -1.59. The van der Waals surface area contributed by atoms with Gasteiger partial charge in [-0.15, -0.1) is 24.0 Å². The molecule has 0 bridgehead atoms. The van der Waals surface area contributed by atoms with Crippen LogP contribution in [0.5, 0.6) is 0 Å². The fourth-order valence-electron chi connectivity index (χ4n) is 3.38. The summed E-state index contributed by atoms with van der Waals surface area (Å²) < 4.78 is 10.8. The molecule has 1 unspecified atom stereocenters. The van der Waals surface area contributed by atoms with Gasteiger partial charge in [0.05, 0.1) is 25.8 Å². The van der Waals surface area contributed by atoms with E-state index in [-0.39, 0.29) is 30.0 Å². The third kappa shape index (κ3) is 10.8. The fourth-order valence-corrected chi connectivity index (χ4v) is 3.38. The summed E-state index contributed by atoms with van der Waals surface area (Å²) in [6.07, 6.45) is -0.414. The summed E-state index contributed by atoms with van der Waals surface area (Å²) in [6.45, 7) is 15.4. The molecule has 0 aromatic heterocycles. The molecular weight excluding hydrogens is 521 g/mol. The number of aliphatic imine (C=N–C) groups is 1. The predicted molar refractivity (Wildman–Crippen MR) is 140 cm³/mol. The summed E-state index contributed by atoms with van der Waals surface area (Å²) in [7, 11) is 0. The Morgan fingerprint density at radius 2 is 1.88 bits per heavy atom. The Morgan fingerprint density at radius 3 is 2.50 bits per heavy atom. The van der Waals surface area contributed by atoms with Crippen LogP contribution < -0.4 is 16.0 Å². The van der Waals surface area contributed by atoms with E-state index in [9.17, 15) is 4.79 Å². The first-order valence-corrected chi connectivity index (χ1v) is 11.2. The molecule has 1 aliphatic heterocycles. The lowest BCUT2D eigenvalue weighted by Gasteiger charge is -2.34. The molecule has 1 aliphatic rings. The molecular formula is C23H40IN5O3. The van der Waals surface area contributed by atoms with Gasteiger partial charge in [-0.3, -0.25) is 9.89 Å². The van der Waals surface area contributed by atoms with Crippen molar-refractivity contribution in [3.05, 3.63) is 35.4 Å². The van der Waals surface area contributed by atoms with Crippen molar-refractivity contribution in [2.75, 3.05) is 52.5 Å². The molecule has 1 aromatic rings. The Kier molecular flexibility index (Phi) is 12.9. The number of hydrogen-bond acceptors (Lipinski definition) is 5. The van der Waals surface area contributed by atoms with E-state index >= 15 is 0 Å². The number of amides is 1. The largest absolute Gasteiger partial charge is 0.444 e. The number of benzene rings is 1. The van der Waals surface area contributed by atoms with E-state index in [2.05, 4.69) is 52.0 Å². The second kappa shape index (κ2) is 14.5. The predicted octanol–water partition coefficient (Wildman–Crippen LogP) is 3.07. The average Bonchev–Trinajstić information content (AvgIpc) is 2.71. The first-order valence-electron chi connectivity index (χ1n) is 11.2. The standard InChI is InChI=1S/C23H39N5O3.HI/c1-6-24-21(25-10-11-26-22(29)31-23(3,4)5)27-17-20(28-12-14-30-15-13-28)19-9-7-8-18(2)16-19;/h7-9,16,20H,6,10-15,17H2,1-5H3,(H,26,29)(H2,24,25,27);1H. The number of nitrogens with one attached hydrogen (secondary N) is 3. The van der Waals surface area contributed by atoms with Crippen molar-refractivity contribution in [2.24, 2.45) is 4.99 Å². The molecule has 1 fully saturated rings. The van der Waals surface area contributed by atoms with Crippen LogP contribution in [0.15, 0.2) is 29.3 Å². The Bertz CT molecular complexity index is 718. The van der Waals surface area contributed by atoms with Crippen LogP contribution in [0.4, 0.5) is 4.79 Å². The van der Waals surface area contributed by atoms with Crippen LogP contribution in [0.2, 0.25) is 0 Å². The molecule has 1 atom stereocenters. The van der Waals surface area contributed by atoms with Crippen molar-refractivity contribution in [3.63, 3.8) is 0 Å². The number of aryl methyl sites for hydroxylation is 1. The number of ether oxygens (including phenoxy) is 2. The molecule has 1 saturated heterocycles. The van der Waals surface area contributed by atoms with Gasteiger partial charge in [-0.05, 0) is 40.2 Å². The summed E-state index contributed by atoms with van der Waals surface area (Å²) in [5.74, 6) is 0.736. The zero-order chi connectivity index (χ0) is 22.7. The van der Waals surface area contributed by atoms with Crippen LogP contribution in [0, 0.1) is 6.92 Å². The van der Waals surface area contributed by atoms with Crippen LogP contribution in [0.3, 0.4) is 0 Å². The fraction of sp³-hybridized carbons (Fsp3) is 0.652. The van der Waals surface area contributed by atoms with Crippen molar-refractivity contribution in [1.29, 1.82) is 0 Å². The molecule has 0 radical (unpaired) electrons. The molecule has 2 rings (SSSR count). The summed E-state index contributed by atoms with van der Waals surface area (Å²) in [5, 5.41) is 9.32. The lowest BCUT2D eigenvalue weighted by atomic mass is 10.0. The smallest absolute Gasteiger partial charge is 0.407 e. The van der Waals surface area contributed by atoms with E-state index in [1.54, 1.807) is 0 Å². The van der Waals surface area contributed by atoms with E-state index in [1.807, 2.05) is 27.7 Å². The second-order valence-electron chi connectivity index (χ2n) is 8.65. The number of nitrogens with zero attached hydrogens (tertiary/aromatic N) is 2. The van der Waals surface area contributed by atoms with Crippen molar-refractivity contribution < 1.29 is 14.3 Å². The maximum absolute atomic E-state index is 11.8. The van der Waals surface area contributed by atoms with Crippen LogP contribution in [-0.4, -0.2) is 75.0 Å². The van der Waals surface area contributed by atoms with E-state index < -0.39 is 11.7 Å². The van der Waals surface area contributed by atoms with Gasteiger partial charge < -0.3 is 25.4 Å². The SMILES string of the molecule is CCNC(=NCC(c1cccc(C)c1)N1CCOCC1)NCCNC(=O)OC(C)(C)C.I. The van der Waals surface area contributed by atoms with Gasteiger partial charge in [0.1, 0.15) is 5.60 Å². The highest BCUT2D eigenvalue weighted by atomic mass is 127. The first kappa shape index (κ1) is 28.4. The molecule has 1 heterocycles. The molecule has 182 valence electrons. The van der Waals surface area contributed by atoms with Crippen LogP contribution >= 0.6 is 24.0 Å². The molecule has 0 spiro atoms. The molecule has 1 amide bonds. The molecule has 9 heteroatoms. The van der Waals surface area contributed by atoms with Gasteiger partial charge in [-0.25, -0.2) is 4.79 Å². The van der Waals surface area contributed by atoms with Crippen LogP contribution in [0.25, 0.3) is 0 Å². The second-order valence-corrected chi connectivity index (χ2v) is 8.65. The topological polar surface area (TPSA) is 87.2 Å². The van der Waals surface area contributed by atoms with Gasteiger partial charge in [0.2, 0.25) is 0 Å². The number of carbonyl (C=O) groups excluding carboxylic acids is 1. The highest BCUT2D eigenvalue weighted by Gasteiger charge is 2.22. The number of guanidine groups is 1. The van der Waals surface area contributed by atoms with E-state index in [4.69, 9.17) is 14.5 Å². The first-order chi connectivity index (χ1) is 14.8. The highest BCUT2D eigenvalue weighted by Crippen LogP contribution is 2.23. The molecule has 3 N–H and O–H groups in total. The molecule has 1 aromatic carbocycles. The third-order valence-electron chi connectivity index (χ3n) is 4.77. The van der Waals surface area contributed by atoms with E-state index in [0.29, 0.717) is 19.6 Å². The van der Waals surface area contributed by atoms with Crippen LogP contribution in [0.1, 0.15) is 44.9 Å². The van der Waals surface area contributed by atoms with Crippen LogP contribution in [-0.2, 0) is 9.47 Å². The minimum atomic E-state index is -0.502. The maximum Gasteiger partial charge on any atom is 0.407 e. The Morgan fingerprint density at radius 1 is 1.19 bits per heavy atom. The lowest BCUT2D eigenvalue weighted by Crippen LogP contribution is -2.43. The van der Waals surface area contributed by atoms with Gasteiger partial charge in [-0.1, -0.05) is 29.8 Å². The zero-order valence-corrected chi connectivity index (χ0v) is 22.4. The van der Waals surface area contributed by atoms with Gasteiger partial charge in [0.15, 0.2) is 5.96 Å². The number of alkyl carbamates (subject to hydrolysis) is 1. The van der Waals surface area contributed by atoms with Gasteiger partial charge in [0.25, 0.3) is 0 Å². The monoisotopic (exact) mass is 561 g/mol. The number of hydrogen-bond donors (Lipinski definition) is 3. The molecule has 0 aliphatic carbocycles. The van der Waals surface area contributed by atoms with Gasteiger partial charge in [-0.2, -0.15) is 0 Å². The number of carbonyl (C=O) groups is 1. The third-order valence-corrected chi connectivity index (χ3v) is 4.77. The normalized spacial score (nSPS) is 16.0. The number of rotatable bonds is 8. The van der Waals surface area contributed by atoms with Gasteiger partial charge >= 0.3 is 6.09 Å². The summed E-state index contributed by atoms with van der Waals surface area (Å²) in [4.78, 5) is 19.1. The highest BCUT2D eigenvalue weighted by molar-refractivity contribution is 14.0. The Balaban J connectivity index is 0.00000512. The molecule has 0 saturated carbocycles. The van der Waals surface area contributed by atoms with Crippen molar-refractivity contribution in [2.45, 2.75) is 46.3 Å². The van der Waals surface area contributed by atoms with Crippen molar-refractivity contribution in [3.8, 4) is 0 Å². The molecule has 8 nitrogen and oxygen atoms in total. The minimum Gasteiger partial charge on any atom is -0.444 e. The van der Waals surface area contributed by atoms with Crippen molar-refractivity contribution in [1.82, 2.24) is 20.9 Å². The van der Waals surface area contributed by atoms with Gasteiger partial charge in [0, 0.05) is 32.7 Å². The summed E-state index contributed by atoms with van der Waals surface area (Å²) >= 11 is 0. The number of halogens is 1. The summed E-state index contributed by atoms with van der Waals surface area (Å²) in [5.41, 5.74) is 2.02. The lowest BCUT2D eigenvalue weighted by molar-refractivity contribution is 0.0179. The summed E-state index contributed by atoms with van der Waals surface area (Å²) in [6, 6.07) is 8.83. The zero-order valence-electron chi connectivity index (χ0n) is 20.1. The quantitative estimate of drug-likeness (QED) is 0.196. The number of morpholine rings is 1. The Labute approximate surface area is 209 Å². The van der Waals surface area contributed by atoms with E-state index in [1.165, 1.54) is 11.1 Å². The molecule has 32 heavy (non-hydrogen) atoms. The average molecular weight is 562 g/mol. The van der Waals surface area contributed by atoms with E-state index in [0.717, 1.165) is 38.8 Å². The van der Waals surface area contributed by atoms with Crippen molar-refractivity contribution >= 4 is 36.0 Å².